The minimum absolute atomic E-state index is 0.0442. The van der Waals surface area contributed by atoms with E-state index in [2.05, 4.69) is 5.32 Å². The number of benzene rings is 4. The van der Waals surface area contributed by atoms with Crippen LogP contribution >= 0.6 is 0 Å². The van der Waals surface area contributed by atoms with Crippen molar-refractivity contribution in [3.63, 3.8) is 0 Å². The molecule has 50 heavy (non-hydrogen) atoms. The van der Waals surface area contributed by atoms with E-state index in [0.717, 1.165) is 47.5 Å². The quantitative estimate of drug-likeness (QED) is 0.162. The molecule has 5 rings (SSSR count). The summed E-state index contributed by atoms with van der Waals surface area (Å²) in [5.41, 5.74) is 1.91. The molecule has 0 aromatic heterocycles. The second-order valence-corrected chi connectivity index (χ2v) is 14.4. The van der Waals surface area contributed by atoms with E-state index in [9.17, 15) is 18.0 Å². The first-order valence-electron chi connectivity index (χ1n) is 16.8. The van der Waals surface area contributed by atoms with Gasteiger partial charge in [-0.05, 0) is 55.7 Å². The molecule has 0 radical (unpaired) electrons. The summed E-state index contributed by atoms with van der Waals surface area (Å²) in [4.78, 5) is 30.3. The van der Waals surface area contributed by atoms with Gasteiger partial charge in [0.05, 0.1) is 24.8 Å². The topological polar surface area (TPSA) is 105 Å². The molecule has 11 heteroatoms. The van der Waals surface area contributed by atoms with Crippen LogP contribution < -0.4 is 19.1 Å². The van der Waals surface area contributed by atoms with Crippen LogP contribution in [0.1, 0.15) is 48.8 Å². The Morgan fingerprint density at radius 3 is 2.22 bits per heavy atom. The van der Waals surface area contributed by atoms with E-state index in [1.807, 2.05) is 37.3 Å². The maximum absolute atomic E-state index is 15.3. The number of carbonyl (C=O) groups is 2. The molecular formula is C39H44FN3O6S. The van der Waals surface area contributed by atoms with E-state index in [1.165, 1.54) is 43.4 Å². The second-order valence-electron chi connectivity index (χ2n) is 12.5. The van der Waals surface area contributed by atoms with E-state index in [1.54, 1.807) is 42.5 Å². The summed E-state index contributed by atoms with van der Waals surface area (Å²) in [6, 6.07) is 25.2. The third-order valence-corrected chi connectivity index (χ3v) is 10.8. The van der Waals surface area contributed by atoms with Crippen LogP contribution in [0.5, 0.6) is 11.5 Å². The summed E-state index contributed by atoms with van der Waals surface area (Å²) in [5.74, 6) is -1.10. The summed E-state index contributed by atoms with van der Waals surface area (Å²) in [7, 11) is -1.54. The van der Waals surface area contributed by atoms with Crippen molar-refractivity contribution < 1.29 is 31.9 Å². The molecule has 0 bridgehead atoms. The van der Waals surface area contributed by atoms with Crippen LogP contribution in [0.15, 0.2) is 102 Å². The van der Waals surface area contributed by atoms with Crippen LogP contribution in [0.3, 0.4) is 0 Å². The lowest BCUT2D eigenvalue weighted by Crippen LogP contribution is -2.55. The lowest BCUT2D eigenvalue weighted by Gasteiger charge is -2.35. The Balaban J connectivity index is 1.62. The third-order valence-electron chi connectivity index (χ3n) is 9.06. The molecule has 9 nitrogen and oxygen atoms in total. The largest absolute Gasteiger partial charge is 0.497 e. The molecular weight excluding hydrogens is 658 g/mol. The van der Waals surface area contributed by atoms with Gasteiger partial charge in [-0.15, -0.1) is 0 Å². The second kappa shape index (κ2) is 16.7. The zero-order chi connectivity index (χ0) is 35.7. The van der Waals surface area contributed by atoms with Crippen molar-refractivity contribution in [2.75, 3.05) is 25.1 Å². The van der Waals surface area contributed by atoms with Crippen LogP contribution in [0.25, 0.3) is 0 Å². The van der Waals surface area contributed by atoms with E-state index >= 15 is 4.39 Å². The first kappa shape index (κ1) is 36.4. The highest BCUT2D eigenvalue weighted by molar-refractivity contribution is 7.92. The van der Waals surface area contributed by atoms with Gasteiger partial charge in [-0.1, -0.05) is 85.5 Å². The number of rotatable bonds is 14. The lowest BCUT2D eigenvalue weighted by molar-refractivity contribution is -0.140. The molecule has 1 aliphatic rings. The molecule has 2 amide bonds. The summed E-state index contributed by atoms with van der Waals surface area (Å²) in [6.45, 7) is 0.861. The zero-order valence-electron chi connectivity index (χ0n) is 28.7. The monoisotopic (exact) mass is 701 g/mol. The molecule has 1 N–H and O–H groups in total. The Bertz CT molecular complexity index is 1860. The van der Waals surface area contributed by atoms with Crippen molar-refractivity contribution in [2.45, 2.75) is 69.0 Å². The van der Waals surface area contributed by atoms with Crippen LogP contribution in [0.2, 0.25) is 0 Å². The maximum Gasteiger partial charge on any atom is 0.264 e. The molecule has 4 aromatic rings. The predicted octanol–water partition coefficient (Wildman–Crippen LogP) is 6.44. The summed E-state index contributed by atoms with van der Waals surface area (Å²) < 4.78 is 56.1. The molecule has 1 aliphatic carbocycles. The molecule has 1 saturated carbocycles. The molecule has 264 valence electrons. The Morgan fingerprint density at radius 2 is 1.56 bits per heavy atom. The van der Waals surface area contributed by atoms with Gasteiger partial charge in [-0.3, -0.25) is 13.9 Å². The zero-order valence-corrected chi connectivity index (χ0v) is 29.5. The number of sulfonamides is 1. The Morgan fingerprint density at radius 1 is 0.880 bits per heavy atom. The molecule has 0 saturated heterocycles. The molecule has 1 fully saturated rings. The van der Waals surface area contributed by atoms with Crippen molar-refractivity contribution in [2.24, 2.45) is 0 Å². The van der Waals surface area contributed by atoms with Crippen LogP contribution in [0.4, 0.5) is 10.1 Å². The Hall–Kier alpha value is -4.90. The average Bonchev–Trinajstić information content (AvgIpc) is 3.13. The number of hydrogen-bond donors (Lipinski definition) is 1. The smallest absolute Gasteiger partial charge is 0.264 e. The predicted molar refractivity (Wildman–Crippen MR) is 191 cm³/mol. The highest BCUT2D eigenvalue weighted by Gasteiger charge is 2.36. The van der Waals surface area contributed by atoms with Gasteiger partial charge >= 0.3 is 0 Å². The maximum atomic E-state index is 15.3. The number of nitrogens with one attached hydrogen (secondary N) is 1. The van der Waals surface area contributed by atoms with Gasteiger partial charge in [-0.2, -0.15) is 0 Å². The summed E-state index contributed by atoms with van der Waals surface area (Å²) in [6.07, 6.45) is 4.84. The van der Waals surface area contributed by atoms with Crippen molar-refractivity contribution in [3.8, 4) is 11.5 Å². The average molecular weight is 702 g/mol. The number of aryl methyl sites for hydroxylation is 1. The molecule has 0 unspecified atom stereocenters. The minimum atomic E-state index is -4.39. The van der Waals surface area contributed by atoms with Crippen LogP contribution in [-0.4, -0.2) is 58.0 Å². The van der Waals surface area contributed by atoms with Gasteiger partial charge in [0.25, 0.3) is 10.0 Å². The first-order chi connectivity index (χ1) is 24.1. The normalized spacial score (nSPS) is 14.0. The highest BCUT2D eigenvalue weighted by Crippen LogP contribution is 2.36. The number of amides is 2. The summed E-state index contributed by atoms with van der Waals surface area (Å²) in [5, 5.41) is 3.16. The van der Waals surface area contributed by atoms with E-state index < -0.39 is 34.3 Å². The molecule has 4 aromatic carbocycles. The number of anilines is 1. The number of halogens is 1. The first-order valence-corrected chi connectivity index (χ1v) is 18.2. The highest BCUT2D eigenvalue weighted by atomic mass is 32.2. The van der Waals surface area contributed by atoms with Crippen molar-refractivity contribution in [1.29, 1.82) is 0 Å². The van der Waals surface area contributed by atoms with E-state index in [-0.39, 0.29) is 46.8 Å². The SMILES string of the molecule is COc1ccc(OC)c(N(CC(=O)N(Cc2ccccc2F)[C@H](Cc2ccccc2)C(=O)NC2CCCCC2)S(=O)(=O)c2ccc(C)cc2)c1. The molecule has 1 atom stereocenters. The Labute approximate surface area is 294 Å². The number of carbonyl (C=O) groups excluding carboxylic acids is 2. The number of hydrogen-bond acceptors (Lipinski definition) is 6. The molecule has 0 aliphatic heterocycles. The molecule has 0 heterocycles. The van der Waals surface area contributed by atoms with E-state index in [0.29, 0.717) is 5.75 Å². The fraction of sp³-hybridized carbons (Fsp3) is 0.333. The fourth-order valence-corrected chi connectivity index (χ4v) is 7.67. The molecule has 0 spiro atoms. The Kier molecular flexibility index (Phi) is 12.1. The van der Waals surface area contributed by atoms with Gasteiger partial charge in [0, 0.05) is 30.6 Å². The van der Waals surface area contributed by atoms with Gasteiger partial charge in [-0.25, -0.2) is 12.8 Å². The lowest BCUT2D eigenvalue weighted by atomic mass is 9.94. The van der Waals surface area contributed by atoms with Gasteiger partial charge in [0.2, 0.25) is 11.8 Å². The van der Waals surface area contributed by atoms with Crippen molar-refractivity contribution in [1.82, 2.24) is 10.2 Å². The van der Waals surface area contributed by atoms with Crippen molar-refractivity contribution in [3.05, 3.63) is 120 Å². The summed E-state index contributed by atoms with van der Waals surface area (Å²) >= 11 is 0. The third kappa shape index (κ3) is 8.81. The van der Waals surface area contributed by atoms with Crippen LogP contribution in [0, 0.1) is 12.7 Å². The number of methoxy groups -OCH3 is 2. The van der Waals surface area contributed by atoms with Gasteiger partial charge in [0.15, 0.2) is 0 Å². The fourth-order valence-electron chi connectivity index (χ4n) is 6.25. The number of ether oxygens (including phenoxy) is 2. The number of nitrogens with zero attached hydrogens (tertiary/aromatic N) is 2. The minimum Gasteiger partial charge on any atom is -0.497 e. The van der Waals surface area contributed by atoms with E-state index in [4.69, 9.17) is 9.47 Å². The van der Waals surface area contributed by atoms with Gasteiger partial charge < -0.3 is 19.7 Å². The van der Waals surface area contributed by atoms with Crippen molar-refractivity contribution >= 4 is 27.5 Å². The standard InChI is InChI=1S/C39H44FN3O6S/c1-28-18-21-33(22-19-28)50(46,47)43(35-25-32(48-2)20-23-37(35)49-3)27-38(44)42(26-30-14-10-11-17-34(30)40)36(24-29-12-6-4-7-13-29)39(45)41-31-15-8-5-9-16-31/h4,6-7,10-14,17-23,25,31,36H,5,8-9,15-16,24,26-27H2,1-3H3,(H,41,45)/t36-/m1/s1. The van der Waals surface area contributed by atoms with Crippen LogP contribution in [-0.2, 0) is 32.6 Å². The van der Waals surface area contributed by atoms with Gasteiger partial charge in [0.1, 0.15) is 29.9 Å².